The van der Waals surface area contributed by atoms with Gasteiger partial charge in [0, 0.05) is 35.4 Å². The standard InChI is InChI=1S/C11H16BrN3/c1-2-15(10-3-4-10)11-8(6-13)5-9(12)7-14-11/h5,7,10H,2-4,6,13H2,1H3. The second-order valence-corrected chi connectivity index (χ2v) is 4.77. The van der Waals surface area contributed by atoms with Gasteiger partial charge in [-0.3, -0.25) is 0 Å². The molecule has 1 aromatic rings. The number of anilines is 1. The summed E-state index contributed by atoms with van der Waals surface area (Å²) >= 11 is 3.42. The molecule has 1 saturated carbocycles. The zero-order valence-electron chi connectivity index (χ0n) is 8.91. The first-order chi connectivity index (χ1) is 7.26. The lowest BCUT2D eigenvalue weighted by Gasteiger charge is -2.23. The summed E-state index contributed by atoms with van der Waals surface area (Å²) in [6.45, 7) is 3.72. The largest absolute Gasteiger partial charge is 0.354 e. The van der Waals surface area contributed by atoms with Crippen LogP contribution in [0.1, 0.15) is 25.3 Å². The lowest BCUT2D eigenvalue weighted by Crippen LogP contribution is -2.27. The van der Waals surface area contributed by atoms with Gasteiger partial charge in [0.1, 0.15) is 5.82 Å². The molecule has 15 heavy (non-hydrogen) atoms. The molecule has 0 unspecified atom stereocenters. The summed E-state index contributed by atoms with van der Waals surface area (Å²) in [5.74, 6) is 1.06. The summed E-state index contributed by atoms with van der Waals surface area (Å²) in [5.41, 5.74) is 6.87. The van der Waals surface area contributed by atoms with E-state index in [1.165, 1.54) is 12.8 Å². The molecule has 1 heterocycles. The Morgan fingerprint density at radius 1 is 1.60 bits per heavy atom. The van der Waals surface area contributed by atoms with Crippen molar-refractivity contribution in [2.75, 3.05) is 11.4 Å². The van der Waals surface area contributed by atoms with Gasteiger partial charge in [0.15, 0.2) is 0 Å². The van der Waals surface area contributed by atoms with E-state index in [-0.39, 0.29) is 0 Å². The van der Waals surface area contributed by atoms with Crippen molar-refractivity contribution in [1.82, 2.24) is 4.98 Å². The molecule has 0 amide bonds. The number of hydrogen-bond donors (Lipinski definition) is 1. The fraction of sp³-hybridized carbons (Fsp3) is 0.545. The van der Waals surface area contributed by atoms with Crippen molar-refractivity contribution < 1.29 is 0 Å². The van der Waals surface area contributed by atoms with Gasteiger partial charge in [0.05, 0.1) is 0 Å². The van der Waals surface area contributed by atoms with Crippen molar-refractivity contribution in [1.29, 1.82) is 0 Å². The monoisotopic (exact) mass is 269 g/mol. The first-order valence-electron chi connectivity index (χ1n) is 5.37. The van der Waals surface area contributed by atoms with E-state index in [1.807, 2.05) is 6.20 Å². The van der Waals surface area contributed by atoms with Crippen LogP contribution in [0.3, 0.4) is 0 Å². The number of hydrogen-bond acceptors (Lipinski definition) is 3. The Kier molecular flexibility index (Phi) is 3.26. The maximum atomic E-state index is 5.75. The van der Waals surface area contributed by atoms with E-state index >= 15 is 0 Å². The molecule has 1 aliphatic rings. The molecule has 0 aliphatic heterocycles. The van der Waals surface area contributed by atoms with Crippen LogP contribution < -0.4 is 10.6 Å². The van der Waals surface area contributed by atoms with Crippen molar-refractivity contribution in [3.8, 4) is 0 Å². The van der Waals surface area contributed by atoms with E-state index in [1.54, 1.807) is 0 Å². The lowest BCUT2D eigenvalue weighted by molar-refractivity contribution is 0.796. The molecule has 4 heteroatoms. The van der Waals surface area contributed by atoms with Crippen molar-refractivity contribution in [2.24, 2.45) is 5.73 Å². The molecule has 82 valence electrons. The van der Waals surface area contributed by atoms with Crippen molar-refractivity contribution in [3.63, 3.8) is 0 Å². The molecular formula is C11H16BrN3. The normalized spacial score (nSPS) is 15.4. The third-order valence-corrected chi connectivity index (χ3v) is 3.16. The summed E-state index contributed by atoms with van der Waals surface area (Å²) in [4.78, 5) is 6.84. The Labute approximate surface area is 98.8 Å². The summed E-state index contributed by atoms with van der Waals surface area (Å²) in [6.07, 6.45) is 4.42. The molecule has 1 aliphatic carbocycles. The Morgan fingerprint density at radius 2 is 2.33 bits per heavy atom. The lowest BCUT2D eigenvalue weighted by atomic mass is 10.2. The van der Waals surface area contributed by atoms with E-state index in [9.17, 15) is 0 Å². The number of halogens is 1. The Balaban J connectivity index is 2.32. The van der Waals surface area contributed by atoms with Crippen molar-refractivity contribution in [2.45, 2.75) is 32.4 Å². The average molecular weight is 270 g/mol. The molecule has 0 atom stereocenters. The van der Waals surface area contributed by atoms with Gasteiger partial charge in [-0.2, -0.15) is 0 Å². The quantitative estimate of drug-likeness (QED) is 0.912. The zero-order valence-corrected chi connectivity index (χ0v) is 10.5. The topological polar surface area (TPSA) is 42.2 Å². The van der Waals surface area contributed by atoms with Crippen LogP contribution in [0.2, 0.25) is 0 Å². The molecule has 0 bridgehead atoms. The second kappa shape index (κ2) is 4.49. The average Bonchev–Trinajstić information content (AvgIpc) is 3.05. The summed E-state index contributed by atoms with van der Waals surface area (Å²) in [5, 5.41) is 0. The number of nitrogens with two attached hydrogens (primary N) is 1. The van der Waals surface area contributed by atoms with Gasteiger partial charge < -0.3 is 10.6 Å². The predicted octanol–water partition coefficient (Wildman–Crippen LogP) is 2.29. The fourth-order valence-corrected chi connectivity index (χ4v) is 2.23. The molecule has 0 saturated heterocycles. The van der Waals surface area contributed by atoms with Crippen LogP contribution in [-0.4, -0.2) is 17.6 Å². The Morgan fingerprint density at radius 3 is 2.87 bits per heavy atom. The van der Waals surface area contributed by atoms with E-state index < -0.39 is 0 Å². The van der Waals surface area contributed by atoms with Gasteiger partial charge in [0.25, 0.3) is 0 Å². The van der Waals surface area contributed by atoms with Gasteiger partial charge in [-0.05, 0) is 41.8 Å². The highest BCUT2D eigenvalue weighted by Crippen LogP contribution is 2.32. The summed E-state index contributed by atoms with van der Waals surface area (Å²) in [6, 6.07) is 2.75. The maximum Gasteiger partial charge on any atom is 0.133 e. The van der Waals surface area contributed by atoms with E-state index in [2.05, 4.69) is 38.8 Å². The van der Waals surface area contributed by atoms with Gasteiger partial charge in [-0.25, -0.2) is 4.98 Å². The van der Waals surface area contributed by atoms with Crippen molar-refractivity contribution in [3.05, 3.63) is 22.3 Å². The molecule has 1 fully saturated rings. The van der Waals surface area contributed by atoms with Gasteiger partial charge >= 0.3 is 0 Å². The minimum Gasteiger partial charge on any atom is -0.354 e. The number of nitrogens with zero attached hydrogens (tertiary/aromatic N) is 2. The summed E-state index contributed by atoms with van der Waals surface area (Å²) < 4.78 is 0.999. The molecule has 1 aromatic heterocycles. The predicted molar refractivity (Wildman–Crippen MR) is 65.9 cm³/mol. The van der Waals surface area contributed by atoms with Crippen LogP contribution in [-0.2, 0) is 6.54 Å². The smallest absolute Gasteiger partial charge is 0.133 e. The molecule has 0 aromatic carbocycles. The molecule has 2 rings (SSSR count). The first kappa shape index (κ1) is 10.9. The van der Waals surface area contributed by atoms with Crippen LogP contribution in [0.15, 0.2) is 16.7 Å². The number of aromatic nitrogens is 1. The summed E-state index contributed by atoms with van der Waals surface area (Å²) in [7, 11) is 0. The molecule has 2 N–H and O–H groups in total. The molecule has 0 spiro atoms. The van der Waals surface area contributed by atoms with E-state index in [0.717, 1.165) is 22.4 Å². The minimum absolute atomic E-state index is 0.547. The highest BCUT2D eigenvalue weighted by molar-refractivity contribution is 9.10. The Hall–Kier alpha value is -0.610. The zero-order chi connectivity index (χ0) is 10.8. The second-order valence-electron chi connectivity index (χ2n) is 3.86. The number of rotatable bonds is 4. The Bertz CT molecular complexity index is 350. The molecule has 3 nitrogen and oxygen atoms in total. The van der Waals surface area contributed by atoms with Gasteiger partial charge in [-0.15, -0.1) is 0 Å². The third kappa shape index (κ3) is 2.32. The van der Waals surface area contributed by atoms with Crippen molar-refractivity contribution >= 4 is 21.7 Å². The molecule has 0 radical (unpaired) electrons. The van der Waals surface area contributed by atoms with Crippen LogP contribution >= 0.6 is 15.9 Å². The van der Waals surface area contributed by atoms with Crippen LogP contribution in [0.25, 0.3) is 0 Å². The fourth-order valence-electron chi connectivity index (χ4n) is 1.85. The molecular weight excluding hydrogens is 254 g/mol. The third-order valence-electron chi connectivity index (χ3n) is 2.73. The van der Waals surface area contributed by atoms with Crippen LogP contribution in [0, 0.1) is 0 Å². The van der Waals surface area contributed by atoms with Crippen LogP contribution in [0.5, 0.6) is 0 Å². The SMILES string of the molecule is CCN(c1ncc(Br)cc1CN)C1CC1. The number of pyridine rings is 1. The van der Waals surface area contributed by atoms with E-state index in [0.29, 0.717) is 12.6 Å². The maximum absolute atomic E-state index is 5.75. The highest BCUT2D eigenvalue weighted by Gasteiger charge is 2.29. The highest BCUT2D eigenvalue weighted by atomic mass is 79.9. The minimum atomic E-state index is 0.547. The van der Waals surface area contributed by atoms with Crippen LogP contribution in [0.4, 0.5) is 5.82 Å². The van der Waals surface area contributed by atoms with E-state index in [4.69, 9.17) is 5.73 Å². The van der Waals surface area contributed by atoms with Gasteiger partial charge in [-0.1, -0.05) is 0 Å². The first-order valence-corrected chi connectivity index (χ1v) is 6.16. The van der Waals surface area contributed by atoms with Gasteiger partial charge in [0.2, 0.25) is 0 Å².